The maximum atomic E-state index is 12.4. The van der Waals surface area contributed by atoms with E-state index in [4.69, 9.17) is 4.42 Å². The fourth-order valence-corrected chi connectivity index (χ4v) is 4.74. The van der Waals surface area contributed by atoms with E-state index in [9.17, 15) is 4.79 Å². The summed E-state index contributed by atoms with van der Waals surface area (Å²) in [4.78, 5) is 21.7. The summed E-state index contributed by atoms with van der Waals surface area (Å²) >= 11 is 2.92. The summed E-state index contributed by atoms with van der Waals surface area (Å²) in [6.45, 7) is 6.10. The number of aryl methyl sites for hydroxylation is 2. The molecule has 1 atom stereocenters. The van der Waals surface area contributed by atoms with Crippen molar-refractivity contribution in [3.05, 3.63) is 68.4 Å². The fourth-order valence-electron chi connectivity index (χ4n) is 3.04. The van der Waals surface area contributed by atoms with Gasteiger partial charge in [0.15, 0.2) is 0 Å². The van der Waals surface area contributed by atoms with Gasteiger partial charge in [-0.2, -0.15) is 0 Å². The smallest absolute Gasteiger partial charge is 0.277 e. The minimum absolute atomic E-state index is 0.0923. The van der Waals surface area contributed by atoms with Gasteiger partial charge in [0.05, 0.1) is 11.1 Å². The molecule has 28 heavy (non-hydrogen) atoms. The first-order chi connectivity index (χ1) is 13.5. The average molecular weight is 413 g/mol. The number of thioether (sulfide) groups is 1. The zero-order valence-corrected chi connectivity index (χ0v) is 17.5. The van der Waals surface area contributed by atoms with Crippen molar-refractivity contribution in [2.75, 3.05) is 0 Å². The van der Waals surface area contributed by atoms with Crippen LogP contribution in [-0.2, 0) is 12.2 Å². The number of rotatable bonds is 6. The van der Waals surface area contributed by atoms with Gasteiger partial charge < -0.3 is 9.40 Å². The zero-order chi connectivity index (χ0) is 19.7. The van der Waals surface area contributed by atoms with E-state index in [0.29, 0.717) is 40.4 Å². The summed E-state index contributed by atoms with van der Waals surface area (Å²) < 4.78 is 5.76. The zero-order valence-electron chi connectivity index (χ0n) is 15.9. The molecular weight excluding hydrogens is 392 g/mol. The van der Waals surface area contributed by atoms with Crippen molar-refractivity contribution in [3.8, 4) is 0 Å². The highest BCUT2D eigenvalue weighted by atomic mass is 32.2. The Kier molecular flexibility index (Phi) is 5.32. The second kappa shape index (κ2) is 7.89. The lowest BCUT2D eigenvalue weighted by molar-refractivity contribution is 0.404. The van der Waals surface area contributed by atoms with E-state index in [1.165, 1.54) is 17.3 Å². The Morgan fingerprint density at radius 2 is 2.00 bits per heavy atom. The van der Waals surface area contributed by atoms with Gasteiger partial charge in [-0.05, 0) is 30.9 Å². The molecule has 0 saturated heterocycles. The Morgan fingerprint density at radius 1 is 1.21 bits per heavy atom. The molecule has 144 valence electrons. The number of thiophene rings is 1. The Labute approximate surface area is 170 Å². The predicted octanol–water partition coefficient (Wildman–Crippen LogP) is 4.62. The summed E-state index contributed by atoms with van der Waals surface area (Å²) in [6.07, 6.45) is 0.687. The van der Waals surface area contributed by atoms with Crippen LogP contribution in [0.25, 0.3) is 10.2 Å². The normalized spacial score (nSPS) is 12.5. The second-order valence-corrected chi connectivity index (χ2v) is 8.87. The summed E-state index contributed by atoms with van der Waals surface area (Å²) in [5.41, 5.74) is 2.15. The van der Waals surface area contributed by atoms with Gasteiger partial charge in [0.2, 0.25) is 5.89 Å². The fraction of sp³-hybridized carbons (Fsp3) is 0.300. The molecular formula is C20H20N4O2S2. The SMILES string of the molecule is Cc1sc2nc(CSc3nnc(CC(C)c4ccccc4)o3)[nH]c(=O)c2c1C. The maximum Gasteiger partial charge on any atom is 0.277 e. The van der Waals surface area contributed by atoms with Gasteiger partial charge in [-0.1, -0.05) is 49.0 Å². The molecule has 0 aliphatic rings. The number of H-pyrrole nitrogens is 1. The molecule has 0 aliphatic heterocycles. The molecule has 1 unspecified atom stereocenters. The van der Waals surface area contributed by atoms with Gasteiger partial charge in [-0.15, -0.1) is 21.5 Å². The highest BCUT2D eigenvalue weighted by molar-refractivity contribution is 7.98. The van der Waals surface area contributed by atoms with Gasteiger partial charge in [0.25, 0.3) is 10.8 Å². The van der Waals surface area contributed by atoms with Crippen molar-refractivity contribution in [1.82, 2.24) is 20.2 Å². The highest BCUT2D eigenvalue weighted by Crippen LogP contribution is 2.27. The number of hydrogen-bond donors (Lipinski definition) is 1. The summed E-state index contributed by atoms with van der Waals surface area (Å²) in [7, 11) is 0. The minimum Gasteiger partial charge on any atom is -0.416 e. The van der Waals surface area contributed by atoms with Crippen molar-refractivity contribution < 1.29 is 4.42 Å². The van der Waals surface area contributed by atoms with Gasteiger partial charge in [-0.25, -0.2) is 4.98 Å². The molecule has 0 amide bonds. The third kappa shape index (κ3) is 3.88. The number of hydrogen-bond acceptors (Lipinski definition) is 7. The van der Waals surface area contributed by atoms with Crippen LogP contribution in [0.3, 0.4) is 0 Å². The van der Waals surface area contributed by atoms with E-state index in [0.717, 1.165) is 15.3 Å². The largest absolute Gasteiger partial charge is 0.416 e. The lowest BCUT2D eigenvalue weighted by atomic mass is 9.98. The van der Waals surface area contributed by atoms with Crippen LogP contribution in [0.4, 0.5) is 0 Å². The molecule has 1 aromatic carbocycles. The van der Waals surface area contributed by atoms with Crippen LogP contribution in [0.1, 0.15) is 40.6 Å². The van der Waals surface area contributed by atoms with Crippen LogP contribution in [0, 0.1) is 13.8 Å². The van der Waals surface area contributed by atoms with E-state index in [2.05, 4.69) is 39.2 Å². The quantitative estimate of drug-likeness (QED) is 0.465. The third-order valence-electron chi connectivity index (χ3n) is 4.72. The van der Waals surface area contributed by atoms with Crippen molar-refractivity contribution >= 4 is 33.3 Å². The molecule has 3 aromatic heterocycles. The lowest BCUT2D eigenvalue weighted by Crippen LogP contribution is -2.10. The number of aromatic nitrogens is 4. The van der Waals surface area contributed by atoms with Gasteiger partial charge >= 0.3 is 0 Å². The monoisotopic (exact) mass is 412 g/mol. The maximum absolute atomic E-state index is 12.4. The Balaban J connectivity index is 1.43. The molecule has 1 N–H and O–H groups in total. The molecule has 0 saturated carbocycles. The Bertz CT molecular complexity index is 1160. The molecule has 4 rings (SSSR count). The van der Waals surface area contributed by atoms with E-state index in [1.54, 1.807) is 11.3 Å². The number of nitrogens with one attached hydrogen (secondary N) is 1. The Hall–Kier alpha value is -2.45. The van der Waals surface area contributed by atoms with E-state index >= 15 is 0 Å². The molecule has 0 spiro atoms. The number of aromatic amines is 1. The van der Waals surface area contributed by atoms with Crippen molar-refractivity contribution in [2.45, 2.75) is 44.1 Å². The van der Waals surface area contributed by atoms with E-state index < -0.39 is 0 Å². The van der Waals surface area contributed by atoms with Crippen LogP contribution in [-0.4, -0.2) is 20.2 Å². The van der Waals surface area contributed by atoms with Gasteiger partial charge in [-0.3, -0.25) is 4.79 Å². The highest BCUT2D eigenvalue weighted by Gasteiger charge is 2.15. The molecule has 0 radical (unpaired) electrons. The van der Waals surface area contributed by atoms with Crippen molar-refractivity contribution in [3.63, 3.8) is 0 Å². The summed E-state index contributed by atoms with van der Waals surface area (Å²) in [6, 6.07) is 10.3. The van der Waals surface area contributed by atoms with Gasteiger partial charge in [0, 0.05) is 11.3 Å². The molecule has 0 bridgehead atoms. The third-order valence-corrected chi connectivity index (χ3v) is 6.65. The number of fused-ring (bicyclic) bond motifs is 1. The van der Waals surface area contributed by atoms with Crippen LogP contribution >= 0.6 is 23.1 Å². The standard InChI is InChI=1S/C20H20N4O2S2/c1-11(14-7-5-4-6-8-14)9-16-23-24-20(26-16)27-10-15-21-18(25)17-12(2)13(3)28-19(17)22-15/h4-8,11H,9-10H2,1-3H3,(H,21,22,25). The first-order valence-electron chi connectivity index (χ1n) is 9.00. The molecule has 8 heteroatoms. The lowest BCUT2D eigenvalue weighted by Gasteiger charge is -2.08. The number of nitrogens with zero attached hydrogens (tertiary/aromatic N) is 3. The topological polar surface area (TPSA) is 84.7 Å². The van der Waals surface area contributed by atoms with Crippen LogP contribution in [0.2, 0.25) is 0 Å². The summed E-state index contributed by atoms with van der Waals surface area (Å²) in [5, 5.41) is 9.43. The first-order valence-corrected chi connectivity index (χ1v) is 10.8. The van der Waals surface area contributed by atoms with E-state index in [1.807, 2.05) is 32.0 Å². The predicted molar refractivity (Wildman–Crippen MR) is 112 cm³/mol. The van der Waals surface area contributed by atoms with Crippen LogP contribution < -0.4 is 5.56 Å². The summed E-state index contributed by atoms with van der Waals surface area (Å²) in [5.74, 6) is 1.99. The Morgan fingerprint density at radius 3 is 2.79 bits per heavy atom. The second-order valence-electron chi connectivity index (χ2n) is 6.74. The number of benzene rings is 1. The van der Waals surface area contributed by atoms with Crippen molar-refractivity contribution in [2.24, 2.45) is 0 Å². The van der Waals surface area contributed by atoms with Gasteiger partial charge in [0.1, 0.15) is 10.7 Å². The molecule has 0 aliphatic carbocycles. The minimum atomic E-state index is -0.0923. The molecule has 4 aromatic rings. The molecule has 3 heterocycles. The molecule has 6 nitrogen and oxygen atoms in total. The van der Waals surface area contributed by atoms with Crippen LogP contribution in [0.15, 0.2) is 44.8 Å². The van der Waals surface area contributed by atoms with Crippen molar-refractivity contribution in [1.29, 1.82) is 0 Å². The van der Waals surface area contributed by atoms with E-state index in [-0.39, 0.29) is 5.56 Å². The van der Waals surface area contributed by atoms with Crippen LogP contribution in [0.5, 0.6) is 0 Å². The average Bonchev–Trinajstić information content (AvgIpc) is 3.25. The molecule has 0 fully saturated rings. The first kappa shape index (κ1) is 18.9.